The molecule has 0 aliphatic carbocycles. The Morgan fingerprint density at radius 2 is 1.88 bits per heavy atom. The minimum Gasteiger partial charge on any atom is -0.325 e. The number of rotatable bonds is 2. The van der Waals surface area contributed by atoms with E-state index in [1.54, 1.807) is 6.20 Å². The molecule has 0 aliphatic heterocycles. The van der Waals surface area contributed by atoms with Crippen molar-refractivity contribution in [1.82, 2.24) is 9.55 Å². The maximum atomic E-state index is 4.26. The van der Waals surface area contributed by atoms with Crippen LogP contribution >= 0.6 is 15.9 Å². The Kier molecular flexibility index (Phi) is 3.01. The van der Waals surface area contributed by atoms with Crippen molar-refractivity contribution < 1.29 is 0 Å². The van der Waals surface area contributed by atoms with Gasteiger partial charge in [-0.1, -0.05) is 15.9 Å². The number of anilines is 2. The van der Waals surface area contributed by atoms with Gasteiger partial charge in [0.2, 0.25) is 5.95 Å². The molecule has 0 radical (unpaired) electrons. The number of hydrogen-bond acceptors (Lipinski definition) is 2. The van der Waals surface area contributed by atoms with Gasteiger partial charge < -0.3 is 9.88 Å². The first-order chi connectivity index (χ1) is 7.58. The van der Waals surface area contributed by atoms with E-state index >= 15 is 0 Å². The van der Waals surface area contributed by atoms with Gasteiger partial charge in [0.15, 0.2) is 0 Å². The number of nitrogens with one attached hydrogen (secondary N) is 1. The Bertz CT molecular complexity index is 494. The van der Waals surface area contributed by atoms with E-state index < -0.39 is 0 Å². The fourth-order valence-corrected chi connectivity index (χ4v) is 2.39. The lowest BCUT2D eigenvalue weighted by Crippen LogP contribution is -2.01. The minimum absolute atomic E-state index is 0.855. The second-order valence-corrected chi connectivity index (χ2v) is 4.82. The van der Waals surface area contributed by atoms with Crippen molar-refractivity contribution in [3.63, 3.8) is 0 Å². The van der Waals surface area contributed by atoms with Gasteiger partial charge in [-0.15, -0.1) is 0 Å². The van der Waals surface area contributed by atoms with E-state index in [0.29, 0.717) is 0 Å². The van der Waals surface area contributed by atoms with Crippen molar-refractivity contribution in [2.45, 2.75) is 13.8 Å². The number of imidazole rings is 1. The summed E-state index contributed by atoms with van der Waals surface area (Å²) in [5.41, 5.74) is 3.53. The minimum atomic E-state index is 0.855. The zero-order valence-corrected chi connectivity index (χ0v) is 11.2. The fourth-order valence-electron chi connectivity index (χ4n) is 1.71. The predicted octanol–water partition coefficient (Wildman–Crippen LogP) is 3.54. The van der Waals surface area contributed by atoms with Crippen molar-refractivity contribution in [3.05, 3.63) is 40.1 Å². The molecule has 2 rings (SSSR count). The van der Waals surface area contributed by atoms with Crippen LogP contribution in [0, 0.1) is 13.8 Å². The van der Waals surface area contributed by atoms with Crippen LogP contribution in [0.3, 0.4) is 0 Å². The van der Waals surface area contributed by atoms with Crippen LogP contribution < -0.4 is 5.32 Å². The molecule has 2 aromatic rings. The van der Waals surface area contributed by atoms with Gasteiger partial charge in [0.05, 0.1) is 0 Å². The van der Waals surface area contributed by atoms with E-state index in [1.807, 2.05) is 17.8 Å². The summed E-state index contributed by atoms with van der Waals surface area (Å²) < 4.78 is 3.06. The zero-order valence-electron chi connectivity index (χ0n) is 9.58. The van der Waals surface area contributed by atoms with E-state index in [9.17, 15) is 0 Å². The molecule has 0 saturated carbocycles. The molecule has 84 valence electrons. The largest absolute Gasteiger partial charge is 0.325 e. The van der Waals surface area contributed by atoms with Crippen molar-refractivity contribution in [2.75, 3.05) is 5.32 Å². The first kappa shape index (κ1) is 11.2. The molecule has 1 N–H and O–H groups in total. The highest BCUT2D eigenvalue weighted by Crippen LogP contribution is 2.27. The van der Waals surface area contributed by atoms with Gasteiger partial charge in [0.25, 0.3) is 0 Å². The van der Waals surface area contributed by atoms with Gasteiger partial charge in [-0.2, -0.15) is 0 Å². The predicted molar refractivity (Wildman–Crippen MR) is 70.1 cm³/mol. The molecule has 0 atom stereocenters. The molecular weight excluding hydrogens is 266 g/mol. The van der Waals surface area contributed by atoms with Crippen molar-refractivity contribution in [2.24, 2.45) is 7.05 Å². The lowest BCUT2D eigenvalue weighted by Gasteiger charge is -2.12. The average Bonchev–Trinajstić information content (AvgIpc) is 2.57. The molecule has 0 unspecified atom stereocenters. The Hall–Kier alpha value is -1.29. The summed E-state index contributed by atoms with van der Waals surface area (Å²) in [4.78, 5) is 4.26. The number of benzene rings is 1. The van der Waals surface area contributed by atoms with E-state index in [4.69, 9.17) is 0 Å². The van der Waals surface area contributed by atoms with E-state index in [2.05, 4.69) is 52.2 Å². The molecule has 0 aliphatic rings. The van der Waals surface area contributed by atoms with Gasteiger partial charge in [-0.05, 0) is 37.1 Å². The summed E-state index contributed by atoms with van der Waals surface area (Å²) in [6.45, 7) is 4.17. The fraction of sp³-hybridized carbons (Fsp3) is 0.250. The van der Waals surface area contributed by atoms with Gasteiger partial charge >= 0.3 is 0 Å². The third-order valence-electron chi connectivity index (χ3n) is 2.56. The maximum absolute atomic E-state index is 4.26. The molecule has 3 nitrogen and oxygen atoms in total. The number of hydrogen-bond donors (Lipinski definition) is 1. The maximum Gasteiger partial charge on any atom is 0.207 e. The molecule has 4 heteroatoms. The van der Waals surface area contributed by atoms with E-state index in [1.165, 1.54) is 11.1 Å². The smallest absolute Gasteiger partial charge is 0.207 e. The molecule has 0 fully saturated rings. The molecule has 0 amide bonds. The first-order valence-electron chi connectivity index (χ1n) is 5.09. The topological polar surface area (TPSA) is 29.9 Å². The molecule has 0 saturated heterocycles. The molecule has 0 spiro atoms. The zero-order chi connectivity index (χ0) is 11.7. The Balaban J connectivity index is 2.39. The number of aromatic nitrogens is 2. The van der Waals surface area contributed by atoms with Crippen LogP contribution in [0.1, 0.15) is 11.1 Å². The Morgan fingerprint density at radius 1 is 1.25 bits per heavy atom. The average molecular weight is 280 g/mol. The quantitative estimate of drug-likeness (QED) is 0.911. The SMILES string of the molecule is Cc1cc(Br)cc(C)c1Nc1nccn1C. The lowest BCUT2D eigenvalue weighted by molar-refractivity contribution is 0.923. The highest BCUT2D eigenvalue weighted by atomic mass is 79.9. The summed E-state index contributed by atoms with van der Waals surface area (Å²) in [6.07, 6.45) is 3.71. The second-order valence-electron chi connectivity index (χ2n) is 3.90. The molecule has 1 heterocycles. The summed E-state index contributed by atoms with van der Waals surface area (Å²) in [5, 5.41) is 3.35. The molecule has 16 heavy (non-hydrogen) atoms. The standard InChI is InChI=1S/C12H14BrN3/c1-8-6-10(13)7-9(2)11(8)15-12-14-4-5-16(12)3/h4-7H,1-3H3,(H,14,15). The highest BCUT2D eigenvalue weighted by molar-refractivity contribution is 9.10. The normalized spacial score (nSPS) is 10.5. The molecule has 1 aromatic heterocycles. The van der Waals surface area contributed by atoms with Crippen LogP contribution in [0.15, 0.2) is 29.0 Å². The van der Waals surface area contributed by atoms with E-state index in [0.717, 1.165) is 16.1 Å². The van der Waals surface area contributed by atoms with Crippen molar-refractivity contribution in [1.29, 1.82) is 0 Å². The molecule has 0 bridgehead atoms. The van der Waals surface area contributed by atoms with E-state index in [-0.39, 0.29) is 0 Å². The van der Waals surface area contributed by atoms with Crippen molar-refractivity contribution in [3.8, 4) is 0 Å². The number of halogens is 1. The summed E-state index contributed by atoms with van der Waals surface area (Å²) in [7, 11) is 1.97. The second kappa shape index (κ2) is 4.29. The summed E-state index contributed by atoms with van der Waals surface area (Å²) in [6, 6.07) is 4.19. The molecule has 1 aromatic carbocycles. The van der Waals surface area contributed by atoms with Gasteiger partial charge in [0.1, 0.15) is 0 Å². The first-order valence-corrected chi connectivity index (χ1v) is 5.88. The summed E-state index contributed by atoms with van der Waals surface area (Å²) in [5.74, 6) is 0.855. The van der Waals surface area contributed by atoms with Gasteiger partial charge in [-0.3, -0.25) is 0 Å². The van der Waals surface area contributed by atoms with Crippen LogP contribution in [0.25, 0.3) is 0 Å². The van der Waals surface area contributed by atoms with Crippen molar-refractivity contribution >= 4 is 27.6 Å². The lowest BCUT2D eigenvalue weighted by atomic mass is 10.1. The number of aryl methyl sites for hydroxylation is 3. The monoisotopic (exact) mass is 279 g/mol. The van der Waals surface area contributed by atoms with Gasteiger partial charge in [-0.25, -0.2) is 4.98 Å². The Morgan fingerprint density at radius 3 is 2.38 bits per heavy atom. The molecular formula is C12H14BrN3. The van der Waals surface area contributed by atoms with Crippen LogP contribution in [0.2, 0.25) is 0 Å². The van der Waals surface area contributed by atoms with Gasteiger partial charge in [0, 0.05) is 29.6 Å². The van der Waals surface area contributed by atoms with Crippen LogP contribution in [-0.2, 0) is 7.05 Å². The highest BCUT2D eigenvalue weighted by Gasteiger charge is 2.06. The Labute approximate surface area is 104 Å². The van der Waals surface area contributed by atoms with Crippen LogP contribution in [0.5, 0.6) is 0 Å². The summed E-state index contributed by atoms with van der Waals surface area (Å²) >= 11 is 3.49. The number of nitrogens with zero attached hydrogens (tertiary/aromatic N) is 2. The van der Waals surface area contributed by atoms with Crippen LogP contribution in [-0.4, -0.2) is 9.55 Å². The van der Waals surface area contributed by atoms with Crippen LogP contribution in [0.4, 0.5) is 11.6 Å². The third kappa shape index (κ3) is 2.11. The third-order valence-corrected chi connectivity index (χ3v) is 3.01.